The number of ether oxygens (including phenoxy) is 1. The summed E-state index contributed by atoms with van der Waals surface area (Å²) in [7, 11) is 0. The van der Waals surface area contributed by atoms with Gasteiger partial charge in [0, 0.05) is 31.4 Å². The van der Waals surface area contributed by atoms with Crippen molar-refractivity contribution in [2.24, 2.45) is 10.9 Å². The molecule has 1 fully saturated rings. The fourth-order valence-corrected chi connectivity index (χ4v) is 3.43. The van der Waals surface area contributed by atoms with Crippen LogP contribution < -0.4 is 5.32 Å². The van der Waals surface area contributed by atoms with Crippen molar-refractivity contribution in [2.75, 3.05) is 38.6 Å². The highest BCUT2D eigenvalue weighted by Gasteiger charge is 2.21. The van der Waals surface area contributed by atoms with Gasteiger partial charge in [-0.1, -0.05) is 18.7 Å². The van der Waals surface area contributed by atoms with Crippen LogP contribution in [0.5, 0.6) is 0 Å². The summed E-state index contributed by atoms with van der Waals surface area (Å²) in [5.74, 6) is 1.87. The fourth-order valence-electron chi connectivity index (χ4n) is 2.21. The summed E-state index contributed by atoms with van der Waals surface area (Å²) >= 11 is 1.86. The molecule has 104 valence electrons. The highest BCUT2D eigenvalue weighted by molar-refractivity contribution is 8.13. The van der Waals surface area contributed by atoms with Crippen molar-refractivity contribution in [1.82, 2.24) is 10.2 Å². The van der Waals surface area contributed by atoms with E-state index in [-0.39, 0.29) is 0 Å². The zero-order valence-corrected chi connectivity index (χ0v) is 12.5. The van der Waals surface area contributed by atoms with Gasteiger partial charge in [0.25, 0.3) is 0 Å². The number of thioether (sulfide) groups is 1. The molecule has 1 saturated heterocycles. The number of nitrogens with zero attached hydrogens (tertiary/aromatic N) is 2. The van der Waals surface area contributed by atoms with Gasteiger partial charge in [-0.25, -0.2) is 0 Å². The van der Waals surface area contributed by atoms with Crippen molar-refractivity contribution >= 4 is 16.9 Å². The number of hydrogen-bond acceptors (Lipinski definition) is 5. The van der Waals surface area contributed by atoms with Crippen LogP contribution in [-0.2, 0) is 4.74 Å². The van der Waals surface area contributed by atoms with Crippen LogP contribution in [-0.4, -0.2) is 60.8 Å². The number of morpholine rings is 1. The van der Waals surface area contributed by atoms with Crippen LogP contribution in [0.1, 0.15) is 20.8 Å². The molecule has 0 bridgehead atoms. The SMILES string of the molecule is CC(CN1CCOCC1)NC1=NC(C)C(C)CS1. The summed E-state index contributed by atoms with van der Waals surface area (Å²) < 4.78 is 5.37. The Balaban J connectivity index is 1.76. The molecule has 18 heavy (non-hydrogen) atoms. The van der Waals surface area contributed by atoms with Gasteiger partial charge in [-0.2, -0.15) is 0 Å². The molecule has 0 radical (unpaired) electrons. The lowest BCUT2D eigenvalue weighted by molar-refractivity contribution is 0.0353. The minimum absolute atomic E-state index is 0.448. The molecule has 0 aromatic carbocycles. The first-order valence-corrected chi connectivity index (χ1v) is 7.91. The first-order valence-electron chi connectivity index (χ1n) is 6.92. The maximum atomic E-state index is 5.37. The van der Waals surface area contributed by atoms with Crippen molar-refractivity contribution in [3.63, 3.8) is 0 Å². The Bertz CT molecular complexity index is 292. The highest BCUT2D eigenvalue weighted by atomic mass is 32.2. The number of nitrogens with one attached hydrogen (secondary N) is 1. The third-order valence-corrected chi connectivity index (χ3v) is 4.82. The predicted molar refractivity (Wildman–Crippen MR) is 78.4 cm³/mol. The number of rotatable bonds is 3. The van der Waals surface area contributed by atoms with Crippen molar-refractivity contribution in [2.45, 2.75) is 32.9 Å². The molecule has 0 spiro atoms. The van der Waals surface area contributed by atoms with Gasteiger partial charge >= 0.3 is 0 Å². The number of aliphatic imine (C=N–C) groups is 1. The molecule has 5 heteroatoms. The maximum absolute atomic E-state index is 5.37. The molecule has 1 N–H and O–H groups in total. The Morgan fingerprint density at radius 3 is 2.83 bits per heavy atom. The van der Waals surface area contributed by atoms with Crippen LogP contribution in [0.25, 0.3) is 0 Å². The second-order valence-corrected chi connectivity index (χ2v) is 6.43. The second kappa shape index (κ2) is 6.78. The van der Waals surface area contributed by atoms with Gasteiger partial charge < -0.3 is 10.1 Å². The van der Waals surface area contributed by atoms with Gasteiger partial charge in [-0.05, 0) is 19.8 Å². The first-order chi connectivity index (χ1) is 8.65. The van der Waals surface area contributed by atoms with Crippen LogP contribution in [0, 0.1) is 5.92 Å². The second-order valence-electron chi connectivity index (χ2n) is 5.42. The van der Waals surface area contributed by atoms with Gasteiger partial charge in [0.2, 0.25) is 0 Å². The van der Waals surface area contributed by atoms with E-state index in [1.165, 1.54) is 5.75 Å². The largest absolute Gasteiger partial charge is 0.379 e. The van der Waals surface area contributed by atoms with E-state index in [1.807, 2.05) is 11.8 Å². The van der Waals surface area contributed by atoms with Crippen LogP contribution in [0.3, 0.4) is 0 Å². The Labute approximate surface area is 115 Å². The summed E-state index contributed by atoms with van der Waals surface area (Å²) in [6.07, 6.45) is 0. The van der Waals surface area contributed by atoms with Crippen LogP contribution in [0.2, 0.25) is 0 Å². The lowest BCUT2D eigenvalue weighted by atomic mass is 10.1. The average molecular weight is 271 g/mol. The minimum atomic E-state index is 0.448. The topological polar surface area (TPSA) is 36.9 Å². The third kappa shape index (κ3) is 4.14. The third-order valence-electron chi connectivity index (χ3n) is 3.63. The molecule has 0 aromatic heterocycles. The van der Waals surface area contributed by atoms with Crippen molar-refractivity contribution in [3.8, 4) is 0 Å². The Morgan fingerprint density at radius 2 is 2.17 bits per heavy atom. The molecule has 2 aliphatic rings. The zero-order chi connectivity index (χ0) is 13.0. The summed E-state index contributed by atoms with van der Waals surface area (Å²) in [5.41, 5.74) is 0. The van der Waals surface area contributed by atoms with E-state index in [0.717, 1.165) is 38.0 Å². The quantitative estimate of drug-likeness (QED) is 0.842. The average Bonchev–Trinajstić information content (AvgIpc) is 2.35. The summed E-state index contributed by atoms with van der Waals surface area (Å²) in [6, 6.07) is 0.902. The lowest BCUT2D eigenvalue weighted by Gasteiger charge is -2.31. The number of hydrogen-bond donors (Lipinski definition) is 1. The van der Waals surface area contributed by atoms with Crippen LogP contribution in [0.15, 0.2) is 4.99 Å². The van der Waals surface area contributed by atoms with Crippen LogP contribution in [0.4, 0.5) is 0 Å². The predicted octanol–water partition coefficient (Wildman–Crippen LogP) is 1.42. The molecule has 4 nitrogen and oxygen atoms in total. The van der Waals surface area contributed by atoms with Gasteiger partial charge in [0.1, 0.15) is 0 Å². The Morgan fingerprint density at radius 1 is 1.44 bits per heavy atom. The summed E-state index contributed by atoms with van der Waals surface area (Å²) in [4.78, 5) is 7.18. The molecule has 3 unspecified atom stereocenters. The molecule has 0 amide bonds. The monoisotopic (exact) mass is 271 g/mol. The standard InChI is InChI=1S/C13H25N3OS/c1-10-9-18-13(15-12(10)3)14-11(2)8-16-4-6-17-7-5-16/h10-12H,4-9H2,1-3H3,(H,14,15). The van der Waals surface area contributed by atoms with Crippen molar-refractivity contribution in [1.29, 1.82) is 0 Å². The molecular weight excluding hydrogens is 246 g/mol. The molecule has 3 atom stereocenters. The van der Waals surface area contributed by atoms with E-state index in [1.54, 1.807) is 0 Å². The smallest absolute Gasteiger partial charge is 0.157 e. The van der Waals surface area contributed by atoms with Crippen molar-refractivity contribution < 1.29 is 4.74 Å². The van der Waals surface area contributed by atoms with E-state index in [2.05, 4.69) is 31.0 Å². The van der Waals surface area contributed by atoms with Crippen molar-refractivity contribution in [3.05, 3.63) is 0 Å². The van der Waals surface area contributed by atoms with E-state index in [4.69, 9.17) is 9.73 Å². The minimum Gasteiger partial charge on any atom is -0.379 e. The highest BCUT2D eigenvalue weighted by Crippen LogP contribution is 2.21. The lowest BCUT2D eigenvalue weighted by Crippen LogP contribution is -2.46. The van der Waals surface area contributed by atoms with E-state index < -0.39 is 0 Å². The fraction of sp³-hybridized carbons (Fsp3) is 0.923. The van der Waals surface area contributed by atoms with Gasteiger partial charge in [-0.3, -0.25) is 9.89 Å². The maximum Gasteiger partial charge on any atom is 0.157 e. The molecule has 2 rings (SSSR count). The molecule has 0 aromatic rings. The summed E-state index contributed by atoms with van der Waals surface area (Å²) in [6.45, 7) is 11.6. The Kier molecular flexibility index (Phi) is 5.33. The van der Waals surface area contributed by atoms with Gasteiger partial charge in [0.05, 0.1) is 19.3 Å². The molecule has 0 aliphatic carbocycles. The molecule has 2 heterocycles. The molecular formula is C13H25N3OS. The van der Waals surface area contributed by atoms with Crippen LogP contribution >= 0.6 is 11.8 Å². The normalized spacial score (nSPS) is 31.8. The zero-order valence-electron chi connectivity index (χ0n) is 11.7. The molecule has 0 saturated carbocycles. The van der Waals surface area contributed by atoms with Gasteiger partial charge in [-0.15, -0.1) is 0 Å². The van der Waals surface area contributed by atoms with E-state index in [0.29, 0.717) is 18.0 Å². The number of amidine groups is 1. The van der Waals surface area contributed by atoms with E-state index >= 15 is 0 Å². The first kappa shape index (κ1) is 14.2. The molecule has 2 aliphatic heterocycles. The summed E-state index contributed by atoms with van der Waals surface area (Å²) in [5, 5.41) is 4.67. The Hall–Kier alpha value is -0.260. The van der Waals surface area contributed by atoms with E-state index in [9.17, 15) is 0 Å². The van der Waals surface area contributed by atoms with Gasteiger partial charge in [0.15, 0.2) is 5.17 Å².